The zero-order valence-corrected chi connectivity index (χ0v) is 8.63. The minimum absolute atomic E-state index is 0.0290. The average molecular weight is 298 g/mol. The lowest BCUT2D eigenvalue weighted by Crippen LogP contribution is -1.96. The summed E-state index contributed by atoms with van der Waals surface area (Å²) in [5.74, 6) is -1.29. The van der Waals surface area contributed by atoms with E-state index in [2.05, 4.69) is 0 Å². The summed E-state index contributed by atoms with van der Waals surface area (Å²) >= 11 is 7.46. The number of hydrogen-bond acceptors (Lipinski definition) is 2. The van der Waals surface area contributed by atoms with Crippen LogP contribution in [-0.4, -0.2) is 16.2 Å². The van der Waals surface area contributed by atoms with Crippen molar-refractivity contribution >= 4 is 40.2 Å². The van der Waals surface area contributed by atoms with E-state index >= 15 is 0 Å². The van der Waals surface area contributed by atoms with Crippen molar-refractivity contribution in [1.29, 1.82) is 0 Å². The quantitative estimate of drug-likeness (QED) is 0.783. The lowest BCUT2D eigenvalue weighted by atomic mass is 10.2. The number of phenolic OH excluding ortho intramolecular Hbond substituents is 1. The SMILES string of the molecule is O=C(O)c1cc(O)c(Cl)c(I)c1. The first-order chi connectivity index (χ1) is 5.52. The summed E-state index contributed by atoms with van der Waals surface area (Å²) in [6.45, 7) is 0. The molecule has 0 amide bonds. The molecule has 0 bridgehead atoms. The maximum absolute atomic E-state index is 10.5. The molecule has 5 heteroatoms. The van der Waals surface area contributed by atoms with E-state index < -0.39 is 5.97 Å². The predicted octanol–water partition coefficient (Wildman–Crippen LogP) is 2.35. The van der Waals surface area contributed by atoms with E-state index in [1.165, 1.54) is 6.07 Å². The predicted molar refractivity (Wildman–Crippen MR) is 52.8 cm³/mol. The standard InChI is InChI=1S/C7H4ClIO3/c8-6-4(9)1-3(7(11)12)2-5(6)10/h1-2,10H,(H,11,12). The summed E-state index contributed by atoms with van der Waals surface area (Å²) in [7, 11) is 0. The van der Waals surface area contributed by atoms with Crippen molar-refractivity contribution in [3.63, 3.8) is 0 Å². The van der Waals surface area contributed by atoms with E-state index in [-0.39, 0.29) is 16.3 Å². The fraction of sp³-hybridized carbons (Fsp3) is 0. The van der Waals surface area contributed by atoms with Crippen LogP contribution in [0.1, 0.15) is 10.4 Å². The number of carboxylic acids is 1. The van der Waals surface area contributed by atoms with Gasteiger partial charge in [0.15, 0.2) is 0 Å². The molecule has 64 valence electrons. The molecule has 1 aromatic carbocycles. The Morgan fingerprint density at radius 1 is 1.50 bits per heavy atom. The molecule has 0 saturated heterocycles. The van der Waals surface area contributed by atoms with Crippen LogP contribution < -0.4 is 0 Å². The van der Waals surface area contributed by atoms with Gasteiger partial charge >= 0.3 is 5.97 Å². The fourth-order valence-electron chi connectivity index (χ4n) is 0.698. The molecule has 0 unspecified atom stereocenters. The number of aromatic carboxylic acids is 1. The zero-order chi connectivity index (χ0) is 9.30. The van der Waals surface area contributed by atoms with Gasteiger partial charge in [0.05, 0.1) is 10.6 Å². The molecule has 0 radical (unpaired) electrons. The van der Waals surface area contributed by atoms with E-state index in [9.17, 15) is 4.79 Å². The Hall–Kier alpha value is -0.490. The van der Waals surface area contributed by atoms with E-state index in [0.29, 0.717) is 3.57 Å². The van der Waals surface area contributed by atoms with Gasteiger partial charge < -0.3 is 10.2 Å². The van der Waals surface area contributed by atoms with Gasteiger partial charge in [-0.25, -0.2) is 4.79 Å². The van der Waals surface area contributed by atoms with E-state index in [0.717, 1.165) is 6.07 Å². The lowest BCUT2D eigenvalue weighted by molar-refractivity contribution is 0.0696. The van der Waals surface area contributed by atoms with E-state index in [4.69, 9.17) is 21.8 Å². The highest BCUT2D eigenvalue weighted by Gasteiger charge is 2.09. The van der Waals surface area contributed by atoms with Crippen molar-refractivity contribution in [3.05, 3.63) is 26.3 Å². The third-order valence-corrected chi connectivity index (χ3v) is 2.82. The highest BCUT2D eigenvalue weighted by molar-refractivity contribution is 14.1. The van der Waals surface area contributed by atoms with Gasteiger partial charge in [0.2, 0.25) is 0 Å². The van der Waals surface area contributed by atoms with Crippen molar-refractivity contribution in [2.24, 2.45) is 0 Å². The van der Waals surface area contributed by atoms with Crippen LogP contribution in [0, 0.1) is 3.57 Å². The first-order valence-electron chi connectivity index (χ1n) is 2.93. The van der Waals surface area contributed by atoms with Crippen LogP contribution in [0.25, 0.3) is 0 Å². The largest absolute Gasteiger partial charge is 0.506 e. The summed E-state index contributed by atoms with van der Waals surface area (Å²) in [6, 6.07) is 2.51. The fourth-order valence-corrected chi connectivity index (χ4v) is 1.42. The normalized spacial score (nSPS) is 9.83. The van der Waals surface area contributed by atoms with Crippen LogP contribution in [0.3, 0.4) is 0 Å². The van der Waals surface area contributed by atoms with Crippen LogP contribution in [-0.2, 0) is 0 Å². The van der Waals surface area contributed by atoms with Gasteiger partial charge in [-0.15, -0.1) is 0 Å². The molecular weight excluding hydrogens is 294 g/mol. The highest BCUT2D eigenvalue weighted by Crippen LogP contribution is 2.29. The number of carboxylic acid groups (broad SMARTS) is 1. The number of phenols is 1. The Bertz CT molecular complexity index is 314. The van der Waals surface area contributed by atoms with Gasteiger partial charge in [-0.3, -0.25) is 0 Å². The molecule has 0 spiro atoms. The average Bonchev–Trinajstić information content (AvgIpc) is 1.99. The molecule has 2 N–H and O–H groups in total. The van der Waals surface area contributed by atoms with Gasteiger partial charge in [-0.2, -0.15) is 0 Å². The molecule has 0 aromatic heterocycles. The van der Waals surface area contributed by atoms with Crippen molar-refractivity contribution in [1.82, 2.24) is 0 Å². The number of carbonyl (C=O) groups is 1. The molecule has 0 aliphatic carbocycles. The molecule has 0 fully saturated rings. The second kappa shape index (κ2) is 3.49. The number of hydrogen-bond donors (Lipinski definition) is 2. The maximum Gasteiger partial charge on any atom is 0.335 e. The van der Waals surface area contributed by atoms with E-state index in [1.54, 1.807) is 0 Å². The highest BCUT2D eigenvalue weighted by atomic mass is 127. The van der Waals surface area contributed by atoms with Gasteiger partial charge in [0.1, 0.15) is 5.75 Å². The minimum atomic E-state index is -1.08. The van der Waals surface area contributed by atoms with E-state index in [1.807, 2.05) is 22.6 Å². The molecule has 12 heavy (non-hydrogen) atoms. The monoisotopic (exact) mass is 298 g/mol. The van der Waals surface area contributed by atoms with Crippen molar-refractivity contribution < 1.29 is 15.0 Å². The second-order valence-electron chi connectivity index (χ2n) is 2.10. The molecule has 1 rings (SSSR count). The zero-order valence-electron chi connectivity index (χ0n) is 5.71. The summed E-state index contributed by atoms with van der Waals surface area (Å²) in [4.78, 5) is 10.5. The summed E-state index contributed by atoms with van der Waals surface area (Å²) in [6.07, 6.45) is 0. The smallest absolute Gasteiger partial charge is 0.335 e. The third kappa shape index (κ3) is 1.81. The third-order valence-electron chi connectivity index (χ3n) is 1.26. The summed E-state index contributed by atoms with van der Waals surface area (Å²) in [5.41, 5.74) is 0.0290. The van der Waals surface area contributed by atoms with Gasteiger partial charge in [-0.1, -0.05) is 11.6 Å². The summed E-state index contributed by atoms with van der Waals surface area (Å²) < 4.78 is 0.520. The Balaban J connectivity index is 3.31. The van der Waals surface area contributed by atoms with Crippen LogP contribution in [0.5, 0.6) is 5.75 Å². The molecule has 1 aromatic rings. The Labute approximate surface area is 87.1 Å². The van der Waals surface area contributed by atoms with Crippen LogP contribution in [0.2, 0.25) is 5.02 Å². The van der Waals surface area contributed by atoms with Crippen LogP contribution >= 0.6 is 34.2 Å². The number of halogens is 2. The second-order valence-corrected chi connectivity index (χ2v) is 3.64. The first-order valence-corrected chi connectivity index (χ1v) is 4.39. The Kier molecular flexibility index (Phi) is 2.79. The molecule has 0 heterocycles. The van der Waals surface area contributed by atoms with Crippen molar-refractivity contribution in [2.45, 2.75) is 0 Å². The van der Waals surface area contributed by atoms with Gasteiger partial charge in [-0.05, 0) is 34.7 Å². The number of benzene rings is 1. The summed E-state index contributed by atoms with van der Waals surface area (Å²) in [5, 5.41) is 17.9. The lowest BCUT2D eigenvalue weighted by Gasteiger charge is -2.01. The van der Waals surface area contributed by atoms with Crippen LogP contribution in [0.4, 0.5) is 0 Å². The minimum Gasteiger partial charge on any atom is -0.506 e. The van der Waals surface area contributed by atoms with Crippen molar-refractivity contribution in [2.75, 3.05) is 0 Å². The Morgan fingerprint density at radius 3 is 2.50 bits per heavy atom. The van der Waals surface area contributed by atoms with Crippen LogP contribution in [0.15, 0.2) is 12.1 Å². The molecule has 0 aliphatic rings. The number of rotatable bonds is 1. The maximum atomic E-state index is 10.5. The van der Waals surface area contributed by atoms with Gasteiger partial charge in [0, 0.05) is 3.57 Å². The molecule has 3 nitrogen and oxygen atoms in total. The number of aromatic hydroxyl groups is 1. The van der Waals surface area contributed by atoms with Gasteiger partial charge in [0.25, 0.3) is 0 Å². The molecule has 0 atom stereocenters. The van der Waals surface area contributed by atoms with Crippen molar-refractivity contribution in [3.8, 4) is 5.75 Å². The molecular formula is C7H4ClIO3. The molecule has 0 saturated carbocycles. The first kappa shape index (κ1) is 9.60. The molecule has 0 aliphatic heterocycles. The Morgan fingerprint density at radius 2 is 2.08 bits per heavy atom. The topological polar surface area (TPSA) is 57.5 Å².